The number of benzene rings is 1. The van der Waals surface area contributed by atoms with Crippen molar-refractivity contribution in [3.8, 4) is 5.75 Å². The Bertz CT molecular complexity index is 922. The lowest BCUT2D eigenvalue weighted by atomic mass is 9.88. The summed E-state index contributed by atoms with van der Waals surface area (Å²) in [4.78, 5) is 27.1. The molecule has 32 heavy (non-hydrogen) atoms. The molecule has 1 saturated heterocycles. The number of carbonyl (C=O) groups excluding carboxylic acids is 1. The number of ether oxygens (including phenoxy) is 1. The van der Waals surface area contributed by atoms with Crippen LogP contribution < -0.4 is 9.64 Å². The molecular weight excluding hydrogens is 400 g/mol. The summed E-state index contributed by atoms with van der Waals surface area (Å²) >= 11 is 0. The first-order valence-corrected chi connectivity index (χ1v) is 12.1. The molecule has 0 atom stereocenters. The number of aromatic nitrogens is 2. The Morgan fingerprint density at radius 3 is 2.44 bits per heavy atom. The smallest absolute Gasteiger partial charge is 0.225 e. The maximum absolute atomic E-state index is 13.1. The molecule has 1 aromatic heterocycles. The van der Waals surface area contributed by atoms with E-state index in [1.807, 2.05) is 19.1 Å². The van der Waals surface area contributed by atoms with Gasteiger partial charge in [-0.3, -0.25) is 4.79 Å². The molecule has 0 bridgehead atoms. The Balaban J connectivity index is 1.51. The van der Waals surface area contributed by atoms with Crippen LogP contribution >= 0.6 is 0 Å². The van der Waals surface area contributed by atoms with E-state index in [1.165, 1.54) is 30.4 Å². The molecule has 1 aromatic carbocycles. The van der Waals surface area contributed by atoms with Gasteiger partial charge in [-0.1, -0.05) is 31.4 Å². The molecule has 2 aliphatic rings. The minimum Gasteiger partial charge on any atom is -0.497 e. The zero-order valence-electron chi connectivity index (χ0n) is 19.8. The van der Waals surface area contributed by atoms with E-state index >= 15 is 0 Å². The van der Waals surface area contributed by atoms with Gasteiger partial charge in [-0.25, -0.2) is 9.97 Å². The summed E-state index contributed by atoms with van der Waals surface area (Å²) < 4.78 is 5.30. The molecule has 1 saturated carbocycles. The average Bonchev–Trinajstić information content (AvgIpc) is 3.07. The van der Waals surface area contributed by atoms with E-state index in [-0.39, 0.29) is 5.92 Å². The largest absolute Gasteiger partial charge is 0.497 e. The van der Waals surface area contributed by atoms with E-state index < -0.39 is 0 Å². The van der Waals surface area contributed by atoms with E-state index in [0.29, 0.717) is 5.91 Å². The fourth-order valence-electron chi connectivity index (χ4n) is 5.09. The monoisotopic (exact) mass is 436 g/mol. The normalized spacial score (nSPS) is 17.8. The van der Waals surface area contributed by atoms with Gasteiger partial charge in [-0.15, -0.1) is 0 Å². The van der Waals surface area contributed by atoms with Crippen LogP contribution in [0.2, 0.25) is 0 Å². The van der Waals surface area contributed by atoms with Crippen molar-refractivity contribution in [3.63, 3.8) is 0 Å². The lowest BCUT2D eigenvalue weighted by Gasteiger charge is -2.29. The summed E-state index contributed by atoms with van der Waals surface area (Å²) in [5.41, 5.74) is 3.42. The van der Waals surface area contributed by atoms with Gasteiger partial charge in [0.2, 0.25) is 5.91 Å². The molecule has 172 valence electrons. The first-order valence-electron chi connectivity index (χ1n) is 12.1. The number of nitrogens with zero attached hydrogens (tertiary/aromatic N) is 4. The highest BCUT2D eigenvalue weighted by Gasteiger charge is 2.28. The SMILES string of the molecule is COc1ccc(Cc2c(C)nc(C)nc2N2CCCN(C(=O)C3CCCCC3)CC2)cc1. The maximum atomic E-state index is 13.1. The second-order valence-corrected chi connectivity index (χ2v) is 9.18. The number of methoxy groups -OCH3 is 1. The van der Waals surface area contributed by atoms with E-state index in [0.717, 1.165) is 74.9 Å². The fourth-order valence-corrected chi connectivity index (χ4v) is 5.09. The molecule has 6 nitrogen and oxygen atoms in total. The Hall–Kier alpha value is -2.63. The van der Waals surface area contributed by atoms with E-state index in [9.17, 15) is 4.79 Å². The number of hydrogen-bond acceptors (Lipinski definition) is 5. The van der Waals surface area contributed by atoms with Crippen molar-refractivity contribution in [2.75, 3.05) is 38.2 Å². The van der Waals surface area contributed by atoms with Crippen LogP contribution in [0.5, 0.6) is 5.75 Å². The second-order valence-electron chi connectivity index (χ2n) is 9.18. The summed E-state index contributed by atoms with van der Waals surface area (Å²) in [6.45, 7) is 7.41. The van der Waals surface area contributed by atoms with Gasteiger partial charge >= 0.3 is 0 Å². The lowest BCUT2D eigenvalue weighted by molar-refractivity contribution is -0.136. The number of carbonyl (C=O) groups is 1. The third-order valence-electron chi connectivity index (χ3n) is 6.91. The number of amides is 1. The van der Waals surface area contributed by atoms with Crippen molar-refractivity contribution in [2.24, 2.45) is 5.92 Å². The van der Waals surface area contributed by atoms with E-state index in [1.54, 1.807) is 7.11 Å². The first-order chi connectivity index (χ1) is 15.5. The summed E-state index contributed by atoms with van der Waals surface area (Å²) in [6, 6.07) is 8.21. The number of rotatable bonds is 5. The minimum absolute atomic E-state index is 0.240. The van der Waals surface area contributed by atoms with Crippen LogP contribution in [0.4, 0.5) is 5.82 Å². The number of hydrogen-bond donors (Lipinski definition) is 0. The Labute approximate surface area is 192 Å². The van der Waals surface area contributed by atoms with Crippen molar-refractivity contribution in [2.45, 2.75) is 58.8 Å². The molecule has 0 N–H and O–H groups in total. The summed E-state index contributed by atoms with van der Waals surface area (Å²) in [5, 5.41) is 0. The predicted molar refractivity (Wildman–Crippen MR) is 127 cm³/mol. The molecular formula is C26H36N4O2. The molecule has 1 aliphatic heterocycles. The third kappa shape index (κ3) is 5.22. The lowest BCUT2D eigenvalue weighted by Crippen LogP contribution is -2.39. The fraction of sp³-hybridized carbons (Fsp3) is 0.577. The Morgan fingerprint density at radius 1 is 0.969 bits per heavy atom. The third-order valence-corrected chi connectivity index (χ3v) is 6.91. The number of aryl methyl sites for hydroxylation is 2. The Kier molecular flexibility index (Phi) is 7.28. The molecule has 2 aromatic rings. The summed E-state index contributed by atoms with van der Waals surface area (Å²) in [6.07, 6.45) is 7.57. The van der Waals surface area contributed by atoms with Gasteiger partial charge in [0.1, 0.15) is 17.4 Å². The second kappa shape index (κ2) is 10.3. The van der Waals surface area contributed by atoms with Gasteiger partial charge < -0.3 is 14.5 Å². The van der Waals surface area contributed by atoms with Gasteiger partial charge in [-0.2, -0.15) is 0 Å². The van der Waals surface area contributed by atoms with Crippen molar-refractivity contribution < 1.29 is 9.53 Å². The zero-order chi connectivity index (χ0) is 22.5. The van der Waals surface area contributed by atoms with Crippen LogP contribution in [0.15, 0.2) is 24.3 Å². The highest BCUT2D eigenvalue weighted by molar-refractivity contribution is 5.79. The molecule has 6 heteroatoms. The molecule has 1 amide bonds. The van der Waals surface area contributed by atoms with Crippen LogP contribution in [-0.2, 0) is 11.2 Å². The topological polar surface area (TPSA) is 58.6 Å². The van der Waals surface area contributed by atoms with Crippen molar-refractivity contribution in [1.82, 2.24) is 14.9 Å². The van der Waals surface area contributed by atoms with Crippen molar-refractivity contribution in [1.29, 1.82) is 0 Å². The zero-order valence-corrected chi connectivity index (χ0v) is 19.8. The van der Waals surface area contributed by atoms with Crippen LogP contribution in [0.25, 0.3) is 0 Å². The molecule has 0 unspecified atom stereocenters. The molecule has 4 rings (SSSR count). The molecule has 0 radical (unpaired) electrons. The minimum atomic E-state index is 0.240. The van der Waals surface area contributed by atoms with Gasteiger partial charge in [0.05, 0.1) is 7.11 Å². The quantitative estimate of drug-likeness (QED) is 0.699. The van der Waals surface area contributed by atoms with Gasteiger partial charge in [0, 0.05) is 49.8 Å². The van der Waals surface area contributed by atoms with Crippen LogP contribution in [0.3, 0.4) is 0 Å². The average molecular weight is 437 g/mol. The summed E-state index contributed by atoms with van der Waals surface area (Å²) in [5.74, 6) is 3.30. The van der Waals surface area contributed by atoms with E-state index in [4.69, 9.17) is 9.72 Å². The van der Waals surface area contributed by atoms with Crippen molar-refractivity contribution in [3.05, 3.63) is 46.9 Å². The Morgan fingerprint density at radius 2 is 1.72 bits per heavy atom. The molecule has 2 fully saturated rings. The first kappa shape index (κ1) is 22.6. The van der Waals surface area contributed by atoms with Gasteiger partial charge in [-0.05, 0) is 50.8 Å². The van der Waals surface area contributed by atoms with Crippen molar-refractivity contribution >= 4 is 11.7 Å². The van der Waals surface area contributed by atoms with Crippen LogP contribution in [0, 0.1) is 19.8 Å². The van der Waals surface area contributed by atoms with Crippen LogP contribution in [-0.4, -0.2) is 54.1 Å². The standard InChI is InChI=1S/C26H36N4O2/c1-19-24(18-21-10-12-23(32-3)13-11-21)25(28-20(2)27-19)29-14-7-15-30(17-16-29)26(31)22-8-5-4-6-9-22/h10-13,22H,4-9,14-18H2,1-3H3. The highest BCUT2D eigenvalue weighted by atomic mass is 16.5. The molecule has 1 aliphatic carbocycles. The van der Waals surface area contributed by atoms with Crippen LogP contribution in [0.1, 0.15) is 61.2 Å². The summed E-state index contributed by atoms with van der Waals surface area (Å²) in [7, 11) is 1.69. The molecule has 0 spiro atoms. The number of anilines is 1. The van der Waals surface area contributed by atoms with Gasteiger partial charge in [0.25, 0.3) is 0 Å². The van der Waals surface area contributed by atoms with Gasteiger partial charge in [0.15, 0.2) is 0 Å². The van der Waals surface area contributed by atoms with E-state index in [2.05, 4.69) is 33.8 Å². The highest BCUT2D eigenvalue weighted by Crippen LogP contribution is 2.28. The molecule has 2 heterocycles. The predicted octanol–water partition coefficient (Wildman–Crippen LogP) is 4.31. The maximum Gasteiger partial charge on any atom is 0.225 e.